The summed E-state index contributed by atoms with van der Waals surface area (Å²) in [7, 11) is 0. The summed E-state index contributed by atoms with van der Waals surface area (Å²) in [6.07, 6.45) is 0. The molecule has 0 saturated carbocycles. The van der Waals surface area contributed by atoms with Gasteiger partial charge in [0.2, 0.25) is 0 Å². The zero-order chi connectivity index (χ0) is 10.5. The van der Waals surface area contributed by atoms with E-state index in [1.807, 2.05) is 13.8 Å². The number of hydrogen-bond acceptors (Lipinski definition) is 2. The van der Waals surface area contributed by atoms with Crippen molar-refractivity contribution in [1.29, 1.82) is 0 Å². The lowest BCUT2D eigenvalue weighted by molar-refractivity contribution is 0.859. The van der Waals surface area contributed by atoms with Crippen LogP contribution in [0.2, 0.25) is 0 Å². The van der Waals surface area contributed by atoms with Gasteiger partial charge in [0, 0.05) is 17.0 Å². The predicted molar refractivity (Wildman–Crippen MR) is 57.7 cm³/mol. The molecule has 74 valence electrons. The fourth-order valence-corrected chi connectivity index (χ4v) is 1.70. The fourth-order valence-electron chi connectivity index (χ4n) is 1.35. The number of rotatable bonds is 0. The topological polar surface area (TPSA) is 50.2 Å². The van der Waals surface area contributed by atoms with Gasteiger partial charge < -0.3 is 0 Å². The number of hydrogen-bond donors (Lipinski definition) is 1. The van der Waals surface area contributed by atoms with E-state index in [1.54, 1.807) is 6.92 Å². The van der Waals surface area contributed by atoms with Crippen LogP contribution < -0.4 is 5.56 Å². The van der Waals surface area contributed by atoms with E-state index in [1.165, 1.54) is 4.52 Å². The van der Waals surface area contributed by atoms with E-state index >= 15 is 0 Å². The van der Waals surface area contributed by atoms with Crippen LogP contribution in [0.15, 0.2) is 9.27 Å². The van der Waals surface area contributed by atoms with Crippen molar-refractivity contribution in [2.24, 2.45) is 0 Å². The van der Waals surface area contributed by atoms with Gasteiger partial charge in [-0.2, -0.15) is 0 Å². The molecule has 0 amide bonds. The van der Waals surface area contributed by atoms with Gasteiger partial charge in [0.15, 0.2) is 5.65 Å². The van der Waals surface area contributed by atoms with Crippen molar-refractivity contribution >= 4 is 21.6 Å². The molecule has 2 heterocycles. The van der Waals surface area contributed by atoms with Crippen LogP contribution in [0.25, 0.3) is 5.65 Å². The molecular weight excluding hydrogens is 246 g/mol. The summed E-state index contributed by atoms with van der Waals surface area (Å²) in [5, 5.41) is 2.96. The maximum atomic E-state index is 11.8. The van der Waals surface area contributed by atoms with Crippen molar-refractivity contribution in [3.63, 3.8) is 0 Å². The molecule has 2 aromatic rings. The van der Waals surface area contributed by atoms with Gasteiger partial charge in [-0.05, 0) is 36.7 Å². The Morgan fingerprint density at radius 2 is 2.00 bits per heavy atom. The second-order valence-electron chi connectivity index (χ2n) is 3.34. The average molecular weight is 256 g/mol. The maximum Gasteiger partial charge on any atom is 0.275 e. The number of fused-ring (bicyclic) bond motifs is 1. The van der Waals surface area contributed by atoms with Crippen LogP contribution in [0.5, 0.6) is 0 Å². The second kappa shape index (κ2) is 2.95. The highest BCUT2D eigenvalue weighted by Gasteiger charge is 2.11. The Bertz CT molecular complexity index is 567. The van der Waals surface area contributed by atoms with Crippen molar-refractivity contribution in [3.05, 3.63) is 31.8 Å². The Labute approximate surface area is 89.1 Å². The lowest BCUT2D eigenvalue weighted by atomic mass is 10.3. The van der Waals surface area contributed by atoms with Crippen LogP contribution in [0.3, 0.4) is 0 Å². The molecular formula is C9H10BrN3O. The Balaban J connectivity index is 3.06. The largest absolute Gasteiger partial charge is 0.293 e. The van der Waals surface area contributed by atoms with E-state index < -0.39 is 0 Å². The van der Waals surface area contributed by atoms with Gasteiger partial charge in [0.05, 0.1) is 4.47 Å². The molecule has 0 bridgehead atoms. The summed E-state index contributed by atoms with van der Waals surface area (Å²) < 4.78 is 2.31. The molecule has 0 saturated heterocycles. The molecule has 0 aliphatic heterocycles. The molecule has 0 unspecified atom stereocenters. The standard InChI is InChI=1S/C9H10BrN3O/c1-4-5(2)11-8-7(10)6(3)12-13(8)9(4)14/h12H,1-3H3. The highest BCUT2D eigenvalue weighted by Crippen LogP contribution is 2.19. The number of nitrogens with one attached hydrogen (secondary N) is 1. The summed E-state index contributed by atoms with van der Waals surface area (Å²) in [6, 6.07) is 0. The van der Waals surface area contributed by atoms with E-state index in [0.29, 0.717) is 11.2 Å². The van der Waals surface area contributed by atoms with E-state index in [-0.39, 0.29) is 5.56 Å². The highest BCUT2D eigenvalue weighted by molar-refractivity contribution is 9.10. The van der Waals surface area contributed by atoms with E-state index in [4.69, 9.17) is 0 Å². The minimum Gasteiger partial charge on any atom is -0.293 e. The molecule has 2 aromatic heterocycles. The molecule has 0 spiro atoms. The molecule has 0 aromatic carbocycles. The number of halogens is 1. The molecule has 0 fully saturated rings. The maximum absolute atomic E-state index is 11.8. The van der Waals surface area contributed by atoms with Crippen LogP contribution in [0, 0.1) is 20.8 Å². The van der Waals surface area contributed by atoms with Crippen molar-refractivity contribution < 1.29 is 0 Å². The van der Waals surface area contributed by atoms with Crippen molar-refractivity contribution in [2.45, 2.75) is 20.8 Å². The second-order valence-corrected chi connectivity index (χ2v) is 4.13. The number of nitrogens with zero attached hydrogens (tertiary/aromatic N) is 2. The summed E-state index contributed by atoms with van der Waals surface area (Å²) in [6.45, 7) is 5.51. The predicted octanol–water partition coefficient (Wildman–Crippen LogP) is 1.71. The van der Waals surface area contributed by atoms with Crippen molar-refractivity contribution in [1.82, 2.24) is 14.6 Å². The summed E-state index contributed by atoms with van der Waals surface area (Å²) in [4.78, 5) is 16.1. The average Bonchev–Trinajstić information content (AvgIpc) is 2.42. The monoisotopic (exact) mass is 255 g/mol. The molecule has 1 N–H and O–H groups in total. The minimum absolute atomic E-state index is 0.0405. The molecule has 4 nitrogen and oxygen atoms in total. The summed E-state index contributed by atoms with van der Waals surface area (Å²) in [5.41, 5.74) is 2.96. The number of aryl methyl sites for hydroxylation is 2. The van der Waals surface area contributed by atoms with Crippen molar-refractivity contribution in [3.8, 4) is 0 Å². The number of aromatic amines is 1. The quantitative estimate of drug-likeness (QED) is 0.780. The van der Waals surface area contributed by atoms with Gasteiger partial charge >= 0.3 is 0 Å². The van der Waals surface area contributed by atoms with Gasteiger partial charge in [0.25, 0.3) is 5.56 Å². The van der Waals surface area contributed by atoms with Crippen LogP contribution in [-0.2, 0) is 0 Å². The first kappa shape index (κ1) is 9.45. The minimum atomic E-state index is -0.0405. The molecule has 0 aliphatic rings. The molecule has 2 rings (SSSR count). The Hall–Kier alpha value is -1.10. The third-order valence-electron chi connectivity index (χ3n) is 2.36. The van der Waals surface area contributed by atoms with Crippen molar-refractivity contribution in [2.75, 3.05) is 0 Å². The first-order chi connectivity index (χ1) is 6.52. The number of aromatic nitrogens is 3. The summed E-state index contributed by atoms with van der Waals surface area (Å²) in [5.74, 6) is 0. The fraction of sp³-hybridized carbons (Fsp3) is 0.333. The molecule has 5 heteroatoms. The molecule has 0 radical (unpaired) electrons. The Morgan fingerprint density at radius 3 is 2.64 bits per heavy atom. The lowest BCUT2D eigenvalue weighted by Gasteiger charge is -1.98. The van der Waals surface area contributed by atoms with Gasteiger partial charge in [0.1, 0.15) is 0 Å². The van der Waals surface area contributed by atoms with Crippen LogP contribution in [-0.4, -0.2) is 14.6 Å². The van der Waals surface area contributed by atoms with Crippen LogP contribution in [0.4, 0.5) is 0 Å². The first-order valence-electron chi connectivity index (χ1n) is 4.26. The van der Waals surface area contributed by atoms with E-state index in [2.05, 4.69) is 26.0 Å². The van der Waals surface area contributed by atoms with Crippen LogP contribution in [0.1, 0.15) is 17.0 Å². The zero-order valence-electron chi connectivity index (χ0n) is 8.18. The van der Waals surface area contributed by atoms with E-state index in [9.17, 15) is 4.79 Å². The SMILES string of the molecule is Cc1nc2c(Br)c(C)[nH]n2c(=O)c1C. The first-order valence-corrected chi connectivity index (χ1v) is 5.05. The zero-order valence-corrected chi connectivity index (χ0v) is 9.77. The third kappa shape index (κ3) is 1.12. The Kier molecular flexibility index (Phi) is 1.99. The number of H-pyrrole nitrogens is 1. The summed E-state index contributed by atoms with van der Waals surface area (Å²) >= 11 is 3.39. The molecule has 0 aliphatic carbocycles. The molecule has 14 heavy (non-hydrogen) atoms. The van der Waals surface area contributed by atoms with Crippen LogP contribution >= 0.6 is 15.9 Å². The van der Waals surface area contributed by atoms with Gasteiger partial charge in [-0.25, -0.2) is 9.50 Å². The highest BCUT2D eigenvalue weighted by atomic mass is 79.9. The molecule has 0 atom stereocenters. The lowest BCUT2D eigenvalue weighted by Crippen LogP contribution is -2.19. The van der Waals surface area contributed by atoms with E-state index in [0.717, 1.165) is 15.9 Å². The normalized spacial score (nSPS) is 11.1. The van der Waals surface area contributed by atoms with Gasteiger partial charge in [-0.3, -0.25) is 9.89 Å². The Morgan fingerprint density at radius 1 is 1.36 bits per heavy atom. The van der Waals surface area contributed by atoms with Gasteiger partial charge in [-0.15, -0.1) is 0 Å². The smallest absolute Gasteiger partial charge is 0.275 e. The van der Waals surface area contributed by atoms with Gasteiger partial charge in [-0.1, -0.05) is 0 Å². The third-order valence-corrected chi connectivity index (χ3v) is 3.31.